The minimum atomic E-state index is -1.24. The van der Waals surface area contributed by atoms with Gasteiger partial charge in [-0.15, -0.1) is 0 Å². The Kier molecular flexibility index (Phi) is 5.79. The van der Waals surface area contributed by atoms with Gasteiger partial charge in [0.1, 0.15) is 5.82 Å². The fraction of sp³-hybridized carbons (Fsp3) is 0.308. The van der Waals surface area contributed by atoms with E-state index in [4.69, 9.17) is 10.2 Å². The number of carbonyl (C=O) groups is 3. The van der Waals surface area contributed by atoms with Gasteiger partial charge in [-0.2, -0.15) is 0 Å². The van der Waals surface area contributed by atoms with Crippen molar-refractivity contribution in [2.45, 2.75) is 6.92 Å². The number of benzene rings is 1. The molecule has 0 aromatic heterocycles. The first-order valence-electron chi connectivity index (χ1n) is 6.00. The number of anilines is 1. The number of nitrogens with one attached hydrogen (secondary N) is 1. The zero-order valence-electron chi connectivity index (χ0n) is 11.3. The van der Waals surface area contributed by atoms with Gasteiger partial charge in [-0.3, -0.25) is 19.3 Å². The summed E-state index contributed by atoms with van der Waals surface area (Å²) in [4.78, 5) is 33.9. The summed E-state index contributed by atoms with van der Waals surface area (Å²) in [6.07, 6.45) is 0. The van der Waals surface area contributed by atoms with Crippen molar-refractivity contribution >= 4 is 23.5 Å². The maximum Gasteiger partial charge on any atom is 0.317 e. The highest BCUT2D eigenvalue weighted by Gasteiger charge is 2.17. The Morgan fingerprint density at radius 1 is 1.14 bits per heavy atom. The molecule has 1 aromatic rings. The minimum absolute atomic E-state index is 0.216. The van der Waals surface area contributed by atoms with E-state index in [0.717, 1.165) is 11.0 Å². The molecule has 1 aromatic carbocycles. The molecule has 0 heterocycles. The lowest BCUT2D eigenvalue weighted by atomic mass is 10.2. The summed E-state index contributed by atoms with van der Waals surface area (Å²) in [5, 5.41) is 19.7. The van der Waals surface area contributed by atoms with E-state index < -0.39 is 43.3 Å². The van der Waals surface area contributed by atoms with Gasteiger partial charge in [0, 0.05) is 5.69 Å². The molecule has 21 heavy (non-hydrogen) atoms. The summed E-state index contributed by atoms with van der Waals surface area (Å²) in [6.45, 7) is -0.0134. The van der Waals surface area contributed by atoms with E-state index in [1.54, 1.807) is 6.92 Å². The number of halogens is 1. The van der Waals surface area contributed by atoms with Crippen LogP contribution in [0.5, 0.6) is 0 Å². The molecule has 0 saturated heterocycles. The van der Waals surface area contributed by atoms with Gasteiger partial charge in [-0.05, 0) is 24.6 Å². The Balaban J connectivity index is 2.66. The van der Waals surface area contributed by atoms with Crippen LogP contribution < -0.4 is 5.32 Å². The monoisotopic (exact) mass is 298 g/mol. The van der Waals surface area contributed by atoms with Crippen LogP contribution >= 0.6 is 0 Å². The van der Waals surface area contributed by atoms with Crippen LogP contribution in [0, 0.1) is 12.7 Å². The number of carboxylic acid groups (broad SMARTS) is 2. The largest absolute Gasteiger partial charge is 0.480 e. The Morgan fingerprint density at radius 3 is 2.19 bits per heavy atom. The molecule has 0 radical (unpaired) electrons. The number of amides is 1. The summed E-state index contributed by atoms with van der Waals surface area (Å²) in [5.41, 5.74) is 0.639. The van der Waals surface area contributed by atoms with Gasteiger partial charge in [0.05, 0.1) is 19.6 Å². The fourth-order valence-electron chi connectivity index (χ4n) is 1.62. The van der Waals surface area contributed by atoms with Crippen LogP contribution in [0.15, 0.2) is 18.2 Å². The first-order chi connectivity index (χ1) is 9.77. The number of hydrogen-bond donors (Lipinski definition) is 3. The van der Waals surface area contributed by atoms with Gasteiger partial charge in [0.2, 0.25) is 5.91 Å². The molecule has 0 aliphatic carbocycles. The normalized spacial score (nSPS) is 10.4. The van der Waals surface area contributed by atoms with E-state index in [0.29, 0.717) is 5.56 Å². The number of nitrogens with zero attached hydrogens (tertiary/aromatic N) is 1. The Labute approximate surface area is 120 Å². The lowest BCUT2D eigenvalue weighted by molar-refractivity contribution is -0.142. The molecule has 0 bridgehead atoms. The van der Waals surface area contributed by atoms with Gasteiger partial charge in [0.25, 0.3) is 0 Å². The smallest absolute Gasteiger partial charge is 0.317 e. The lowest BCUT2D eigenvalue weighted by Crippen LogP contribution is -2.40. The quantitative estimate of drug-likeness (QED) is 0.678. The predicted octanol–water partition coefficient (Wildman–Crippen LogP) is 0.544. The second kappa shape index (κ2) is 7.34. The van der Waals surface area contributed by atoms with Gasteiger partial charge < -0.3 is 15.5 Å². The van der Waals surface area contributed by atoms with Crippen LogP contribution in [0.25, 0.3) is 0 Å². The van der Waals surface area contributed by atoms with Crippen LogP contribution in [-0.4, -0.2) is 52.6 Å². The van der Waals surface area contributed by atoms with E-state index in [-0.39, 0.29) is 5.69 Å². The molecule has 0 aliphatic heterocycles. The van der Waals surface area contributed by atoms with Gasteiger partial charge >= 0.3 is 11.9 Å². The molecule has 3 N–H and O–H groups in total. The first kappa shape index (κ1) is 16.6. The summed E-state index contributed by atoms with van der Waals surface area (Å²) < 4.78 is 13.3. The van der Waals surface area contributed by atoms with Gasteiger partial charge in [-0.1, -0.05) is 6.07 Å². The summed E-state index contributed by atoms with van der Waals surface area (Å²) in [6, 6.07) is 4.11. The van der Waals surface area contributed by atoms with E-state index >= 15 is 0 Å². The minimum Gasteiger partial charge on any atom is -0.480 e. The molecule has 1 rings (SSSR count). The topological polar surface area (TPSA) is 107 Å². The molecule has 0 saturated carbocycles. The van der Waals surface area contributed by atoms with Crippen LogP contribution in [0.3, 0.4) is 0 Å². The van der Waals surface area contributed by atoms with Crippen molar-refractivity contribution in [3.8, 4) is 0 Å². The highest BCUT2D eigenvalue weighted by atomic mass is 19.1. The highest BCUT2D eigenvalue weighted by molar-refractivity contribution is 5.92. The second-order valence-corrected chi connectivity index (χ2v) is 4.44. The molecule has 0 aliphatic rings. The SMILES string of the molecule is Cc1ccc(NC(=O)CN(CC(=O)O)CC(=O)O)cc1F. The standard InChI is InChI=1S/C13H15FN2O5/c1-8-2-3-9(4-10(8)14)15-11(17)5-16(6-12(18)19)7-13(20)21/h2-4H,5-7H2,1H3,(H,15,17)(H,18,19)(H,20,21). The fourth-order valence-corrected chi connectivity index (χ4v) is 1.62. The molecule has 0 spiro atoms. The number of aliphatic carboxylic acids is 2. The number of carbonyl (C=O) groups excluding carboxylic acids is 1. The van der Waals surface area contributed by atoms with Gasteiger partial charge in [0.15, 0.2) is 0 Å². The third-order valence-corrected chi connectivity index (χ3v) is 2.54. The van der Waals surface area contributed by atoms with Crippen LogP contribution in [-0.2, 0) is 14.4 Å². The molecular weight excluding hydrogens is 283 g/mol. The Bertz CT molecular complexity index is 545. The molecule has 0 unspecified atom stereocenters. The predicted molar refractivity (Wildman–Crippen MR) is 71.5 cm³/mol. The zero-order chi connectivity index (χ0) is 16.0. The molecule has 1 amide bonds. The van der Waals surface area contributed by atoms with E-state index in [1.807, 2.05) is 0 Å². The van der Waals surface area contributed by atoms with Crippen molar-refractivity contribution < 1.29 is 29.0 Å². The van der Waals surface area contributed by atoms with Crippen molar-refractivity contribution in [3.05, 3.63) is 29.6 Å². The van der Waals surface area contributed by atoms with Crippen molar-refractivity contribution in [3.63, 3.8) is 0 Å². The average molecular weight is 298 g/mol. The maximum absolute atomic E-state index is 13.3. The van der Waals surface area contributed by atoms with E-state index in [9.17, 15) is 18.8 Å². The summed E-state index contributed by atoms with van der Waals surface area (Å²) in [5.74, 6) is -3.60. The molecule has 0 atom stereocenters. The first-order valence-corrected chi connectivity index (χ1v) is 6.00. The number of rotatable bonds is 7. The molecular formula is C13H15FN2O5. The average Bonchev–Trinajstić information content (AvgIpc) is 2.31. The number of carboxylic acids is 2. The third-order valence-electron chi connectivity index (χ3n) is 2.54. The van der Waals surface area contributed by atoms with Gasteiger partial charge in [-0.25, -0.2) is 4.39 Å². The van der Waals surface area contributed by atoms with Crippen LogP contribution in [0.4, 0.5) is 10.1 Å². The van der Waals surface area contributed by atoms with Crippen molar-refractivity contribution in [1.82, 2.24) is 4.90 Å². The Morgan fingerprint density at radius 2 is 1.71 bits per heavy atom. The molecule has 114 valence electrons. The maximum atomic E-state index is 13.3. The molecule has 0 fully saturated rings. The van der Waals surface area contributed by atoms with Crippen molar-refractivity contribution in [1.29, 1.82) is 0 Å². The number of aryl methyl sites for hydroxylation is 1. The van der Waals surface area contributed by atoms with E-state index in [2.05, 4.69) is 5.32 Å². The Hall–Kier alpha value is -2.48. The number of hydrogen-bond acceptors (Lipinski definition) is 4. The van der Waals surface area contributed by atoms with Crippen LogP contribution in [0.2, 0.25) is 0 Å². The van der Waals surface area contributed by atoms with Crippen molar-refractivity contribution in [2.24, 2.45) is 0 Å². The third kappa shape index (κ3) is 6.00. The summed E-state index contributed by atoms with van der Waals surface area (Å²) in [7, 11) is 0. The van der Waals surface area contributed by atoms with E-state index in [1.165, 1.54) is 12.1 Å². The van der Waals surface area contributed by atoms with Crippen molar-refractivity contribution in [2.75, 3.05) is 25.0 Å². The zero-order valence-corrected chi connectivity index (χ0v) is 11.3. The second-order valence-electron chi connectivity index (χ2n) is 4.44. The molecule has 8 heteroatoms. The highest BCUT2D eigenvalue weighted by Crippen LogP contribution is 2.13. The lowest BCUT2D eigenvalue weighted by Gasteiger charge is -2.17. The van der Waals surface area contributed by atoms with Crippen LogP contribution in [0.1, 0.15) is 5.56 Å². The molecule has 7 nitrogen and oxygen atoms in total. The summed E-state index contributed by atoms with van der Waals surface area (Å²) >= 11 is 0.